The first kappa shape index (κ1) is 69.6. The van der Waals surface area contributed by atoms with Crippen molar-refractivity contribution in [2.24, 2.45) is 0 Å². The van der Waals surface area contributed by atoms with Crippen LogP contribution in [0, 0.1) is 0 Å². The van der Waals surface area contributed by atoms with E-state index in [9.17, 15) is 0 Å². The van der Waals surface area contributed by atoms with E-state index in [2.05, 4.69) is 290 Å². The Morgan fingerprint density at radius 1 is 0.176 bits per heavy atom. The summed E-state index contributed by atoms with van der Waals surface area (Å²) in [5.41, 5.74) is 30.6. The van der Waals surface area contributed by atoms with Crippen molar-refractivity contribution in [1.82, 2.24) is 29.9 Å². The standard InChI is InChI=1S/C46H28N2O.2C32H20N2O/c1-2-13-30(14-3-1)44-45(32-25-24-29-12-4-5-15-31(29)28-32)47-40-27-26-36-34(19-10-21-38(36)46(40)48-44)33-16-6-7-17-35(33)37-20-11-23-42-43(37)39-18-8-9-22-41(39)49-42;1-2-9-21(10-3-1)22-17-19-23(20-18-22)31-32(34-27-14-6-5-13-26(27)33-31)25-12-8-16-29-30(25)24-11-4-7-15-28(24)35-29;1-2-8-21(9-3-1)22-15-17-23(18-16-22)32-25-12-7-19-33-27(25)20-28(34-32)24-11-6-14-30-31(24)26-10-4-5-13-29(26)35-30/h1-28H;2*1-20H. The highest BCUT2D eigenvalue weighted by molar-refractivity contribution is 6.18. The summed E-state index contributed by atoms with van der Waals surface area (Å²) in [6, 6.07) is 140. The molecule has 0 radical (unpaired) electrons. The first-order valence-electron chi connectivity index (χ1n) is 39.9. The molecule has 0 amide bonds. The van der Waals surface area contributed by atoms with Crippen LogP contribution in [0.15, 0.2) is 426 Å². The van der Waals surface area contributed by atoms with E-state index < -0.39 is 0 Å². The third kappa shape index (κ3) is 12.7. The van der Waals surface area contributed by atoms with E-state index in [0.29, 0.717) is 0 Å². The van der Waals surface area contributed by atoms with Gasteiger partial charge in [0.25, 0.3) is 0 Å². The average Bonchev–Trinajstić information content (AvgIpc) is 1.37. The lowest BCUT2D eigenvalue weighted by atomic mass is 9.89. The highest BCUT2D eigenvalue weighted by Crippen LogP contribution is 2.46. The Labute approximate surface area is 683 Å². The normalized spacial score (nSPS) is 11.5. The van der Waals surface area contributed by atoms with Crippen LogP contribution in [0.4, 0.5) is 0 Å². The molecule has 0 spiro atoms. The summed E-state index contributed by atoms with van der Waals surface area (Å²) >= 11 is 0. The summed E-state index contributed by atoms with van der Waals surface area (Å²) in [6.07, 6.45) is 1.84. The van der Waals surface area contributed by atoms with Gasteiger partial charge < -0.3 is 13.3 Å². The van der Waals surface area contributed by atoms with Gasteiger partial charge >= 0.3 is 0 Å². The van der Waals surface area contributed by atoms with Crippen LogP contribution >= 0.6 is 0 Å². The van der Waals surface area contributed by atoms with Crippen molar-refractivity contribution < 1.29 is 13.3 Å². The number of hydrogen-bond donors (Lipinski definition) is 0. The van der Waals surface area contributed by atoms with Gasteiger partial charge in [0, 0.05) is 82.7 Å². The highest BCUT2D eigenvalue weighted by atomic mass is 16.3. The van der Waals surface area contributed by atoms with E-state index in [-0.39, 0.29) is 0 Å². The molecule has 0 atom stereocenters. The molecule has 0 unspecified atom stereocenters. The zero-order valence-electron chi connectivity index (χ0n) is 64.2. The zero-order chi connectivity index (χ0) is 78.7. The maximum atomic E-state index is 6.27. The zero-order valence-corrected chi connectivity index (χ0v) is 64.2. The average molecular weight is 1520 g/mol. The molecule has 24 rings (SSSR count). The van der Waals surface area contributed by atoms with Crippen LogP contribution in [0.5, 0.6) is 0 Å². The van der Waals surface area contributed by atoms with Crippen LogP contribution in [0.3, 0.4) is 0 Å². The monoisotopic (exact) mass is 1520 g/mol. The predicted octanol–water partition coefficient (Wildman–Crippen LogP) is 29.6. The Morgan fingerprint density at radius 2 is 0.571 bits per heavy atom. The Kier molecular flexibility index (Phi) is 17.4. The van der Waals surface area contributed by atoms with Crippen molar-refractivity contribution in [3.05, 3.63) is 413 Å². The van der Waals surface area contributed by atoms with E-state index >= 15 is 0 Å². The fraction of sp³-hybridized carbons (Fsp3) is 0. The van der Waals surface area contributed by atoms with Gasteiger partial charge in [-0.2, -0.15) is 0 Å². The lowest BCUT2D eigenvalue weighted by Crippen LogP contribution is -1.97. The SMILES string of the molecule is c1ccc(-c2ccc(-c3nc(-c4cccc5oc6ccccc6c45)cc4ncccc34)cc2)cc1.c1ccc(-c2ccc(-c3nc4ccccc4nc3-c3cccc4oc5ccccc5c34)cc2)cc1.c1ccc(-c2nc3c(ccc4c(-c5ccccc5-c5cccc6oc7ccccc7c56)cccc43)nc2-c2ccc3ccccc3c2)cc1. The van der Waals surface area contributed by atoms with Gasteiger partial charge in [-0.05, 0) is 140 Å². The fourth-order valence-electron chi connectivity index (χ4n) is 17.1. The summed E-state index contributed by atoms with van der Waals surface area (Å²) in [7, 11) is 0. The van der Waals surface area contributed by atoms with Crippen molar-refractivity contribution in [2.45, 2.75) is 0 Å². The van der Waals surface area contributed by atoms with Crippen LogP contribution in [-0.4, -0.2) is 29.9 Å². The molecule has 0 saturated heterocycles. The smallest absolute Gasteiger partial charge is 0.136 e. The van der Waals surface area contributed by atoms with Gasteiger partial charge in [-0.15, -0.1) is 0 Å². The number of hydrogen-bond acceptors (Lipinski definition) is 9. The molecular formula is C110H68N6O3. The molecule has 0 aliphatic carbocycles. The molecule has 0 fully saturated rings. The van der Waals surface area contributed by atoms with Gasteiger partial charge in [0.1, 0.15) is 33.5 Å². The van der Waals surface area contributed by atoms with Crippen molar-refractivity contribution in [1.29, 1.82) is 0 Å². The molecule has 7 heterocycles. The minimum absolute atomic E-state index is 0.851. The first-order chi connectivity index (χ1) is 59.0. The van der Waals surface area contributed by atoms with Gasteiger partial charge in [-0.3, -0.25) is 4.98 Å². The van der Waals surface area contributed by atoms with Crippen LogP contribution in [0.25, 0.3) is 232 Å². The third-order valence-electron chi connectivity index (χ3n) is 22.7. The summed E-state index contributed by atoms with van der Waals surface area (Å²) in [5.74, 6) is 0. The second-order valence-electron chi connectivity index (χ2n) is 29.8. The number of benzene rings is 17. The minimum atomic E-state index is 0.851. The Bertz CT molecular complexity index is 8040. The Morgan fingerprint density at radius 3 is 1.19 bits per heavy atom. The molecule has 7 aromatic heterocycles. The lowest BCUT2D eigenvalue weighted by molar-refractivity contribution is 0.668. The number of pyridine rings is 2. The molecule has 24 aromatic rings. The minimum Gasteiger partial charge on any atom is -0.456 e. The van der Waals surface area contributed by atoms with Crippen LogP contribution < -0.4 is 0 Å². The second kappa shape index (κ2) is 29.7. The molecule has 119 heavy (non-hydrogen) atoms. The Balaban J connectivity index is 0.000000110. The molecule has 0 saturated carbocycles. The fourth-order valence-corrected chi connectivity index (χ4v) is 17.1. The summed E-state index contributed by atoms with van der Waals surface area (Å²) < 4.78 is 18.6. The second-order valence-corrected chi connectivity index (χ2v) is 29.8. The maximum Gasteiger partial charge on any atom is 0.136 e. The van der Waals surface area contributed by atoms with Crippen molar-refractivity contribution in [3.63, 3.8) is 0 Å². The predicted molar refractivity (Wildman–Crippen MR) is 490 cm³/mol. The first-order valence-corrected chi connectivity index (χ1v) is 39.9. The molecule has 9 nitrogen and oxygen atoms in total. The number of para-hydroxylation sites is 5. The molecule has 556 valence electrons. The Hall–Kier alpha value is -16.1. The quantitative estimate of drug-likeness (QED) is 0.123. The molecule has 0 bridgehead atoms. The van der Waals surface area contributed by atoms with Gasteiger partial charge in [0.05, 0.1) is 61.7 Å². The van der Waals surface area contributed by atoms with Crippen LogP contribution in [0.2, 0.25) is 0 Å². The lowest BCUT2D eigenvalue weighted by Gasteiger charge is -2.16. The molecular weight excluding hydrogens is 1450 g/mol. The van der Waals surface area contributed by atoms with E-state index in [1.54, 1.807) is 0 Å². The van der Waals surface area contributed by atoms with E-state index in [4.69, 9.17) is 38.2 Å². The van der Waals surface area contributed by atoms with Crippen molar-refractivity contribution in [2.75, 3.05) is 0 Å². The highest BCUT2D eigenvalue weighted by Gasteiger charge is 2.24. The molecule has 17 aromatic carbocycles. The summed E-state index contributed by atoms with van der Waals surface area (Å²) in [5, 5.41) is 12.2. The van der Waals surface area contributed by atoms with E-state index in [1.165, 1.54) is 33.0 Å². The van der Waals surface area contributed by atoms with Gasteiger partial charge in [0.15, 0.2) is 0 Å². The number of aromatic nitrogens is 6. The molecule has 0 aliphatic rings. The number of furan rings is 3. The van der Waals surface area contributed by atoms with Crippen molar-refractivity contribution >= 4 is 120 Å². The molecule has 0 aliphatic heterocycles. The number of fused-ring (bicyclic) bond motifs is 15. The molecule has 0 N–H and O–H groups in total. The van der Waals surface area contributed by atoms with E-state index in [0.717, 1.165) is 199 Å². The van der Waals surface area contributed by atoms with Crippen molar-refractivity contribution in [3.8, 4) is 112 Å². The third-order valence-corrected chi connectivity index (χ3v) is 22.7. The summed E-state index contributed by atoms with van der Waals surface area (Å²) in [6.45, 7) is 0. The largest absolute Gasteiger partial charge is 0.456 e. The number of rotatable bonds is 10. The molecule has 9 heteroatoms. The van der Waals surface area contributed by atoms with E-state index in [1.807, 2.05) is 128 Å². The van der Waals surface area contributed by atoms with Gasteiger partial charge in [-0.25, -0.2) is 24.9 Å². The van der Waals surface area contributed by atoms with Crippen LogP contribution in [0.1, 0.15) is 0 Å². The maximum absolute atomic E-state index is 6.27. The summed E-state index contributed by atoms with van der Waals surface area (Å²) in [4.78, 5) is 30.9. The van der Waals surface area contributed by atoms with Gasteiger partial charge in [0.2, 0.25) is 0 Å². The topological polar surface area (TPSA) is 117 Å². The number of nitrogens with zero attached hydrogens (tertiary/aromatic N) is 6. The van der Waals surface area contributed by atoms with Crippen LogP contribution in [-0.2, 0) is 0 Å². The van der Waals surface area contributed by atoms with Gasteiger partial charge in [-0.1, -0.05) is 328 Å².